The van der Waals surface area contributed by atoms with Gasteiger partial charge in [0.05, 0.1) is 0 Å². The maximum atomic E-state index is 2.44. The SMILES string of the molecule is Cc1cc(N(c2cc(C)c(C)c(C)c2)c2ccc3cc4c(cc3c2)-c2cc3ccc(-c5ccc(C(C)(C)C)cc5)cc3cc2-4)cc(C)c1C. The first-order chi connectivity index (χ1) is 23.4. The number of nitrogens with zero attached hydrogens (tertiary/aromatic N) is 1. The highest BCUT2D eigenvalue weighted by atomic mass is 15.1. The van der Waals surface area contributed by atoms with Gasteiger partial charge in [-0.05, 0) is 208 Å². The van der Waals surface area contributed by atoms with Crippen LogP contribution in [-0.4, -0.2) is 0 Å². The summed E-state index contributed by atoms with van der Waals surface area (Å²) in [6.45, 7) is 20.1. The van der Waals surface area contributed by atoms with Crippen molar-refractivity contribution in [2.24, 2.45) is 0 Å². The number of anilines is 3. The van der Waals surface area contributed by atoms with Gasteiger partial charge in [0.15, 0.2) is 0 Å². The molecule has 0 atom stereocenters. The maximum Gasteiger partial charge on any atom is 0.0468 e. The zero-order chi connectivity index (χ0) is 34.4. The van der Waals surface area contributed by atoms with Gasteiger partial charge >= 0.3 is 0 Å². The lowest BCUT2D eigenvalue weighted by atomic mass is 9.77. The Bertz CT molecular complexity index is 2370. The van der Waals surface area contributed by atoms with Crippen LogP contribution in [-0.2, 0) is 5.41 Å². The Labute approximate surface area is 291 Å². The summed E-state index contributed by atoms with van der Waals surface area (Å²) in [4.78, 5) is 2.44. The van der Waals surface area contributed by atoms with Crippen molar-refractivity contribution < 1.29 is 0 Å². The Balaban J connectivity index is 1.19. The summed E-state index contributed by atoms with van der Waals surface area (Å²) < 4.78 is 0. The molecule has 1 heteroatoms. The van der Waals surface area contributed by atoms with Crippen LogP contribution in [0.25, 0.3) is 54.9 Å². The molecule has 49 heavy (non-hydrogen) atoms. The Hall–Kier alpha value is -5.14. The van der Waals surface area contributed by atoms with Crippen LogP contribution in [0.3, 0.4) is 0 Å². The van der Waals surface area contributed by atoms with Crippen LogP contribution in [0.4, 0.5) is 17.1 Å². The highest BCUT2D eigenvalue weighted by molar-refractivity contribution is 6.12. The van der Waals surface area contributed by atoms with Gasteiger partial charge in [0.1, 0.15) is 0 Å². The summed E-state index contributed by atoms with van der Waals surface area (Å²) in [7, 11) is 0. The highest BCUT2D eigenvalue weighted by Crippen LogP contribution is 2.51. The summed E-state index contributed by atoms with van der Waals surface area (Å²) in [5.41, 5.74) is 21.0. The van der Waals surface area contributed by atoms with Crippen LogP contribution < -0.4 is 4.90 Å². The minimum Gasteiger partial charge on any atom is -0.310 e. The van der Waals surface area contributed by atoms with E-state index in [0.29, 0.717) is 0 Å². The maximum absolute atomic E-state index is 2.44. The van der Waals surface area contributed by atoms with Crippen LogP contribution in [0, 0.1) is 41.5 Å². The van der Waals surface area contributed by atoms with Gasteiger partial charge < -0.3 is 4.90 Å². The van der Waals surface area contributed by atoms with Crippen molar-refractivity contribution in [2.75, 3.05) is 4.90 Å². The van der Waals surface area contributed by atoms with Gasteiger partial charge in [-0.25, -0.2) is 0 Å². The van der Waals surface area contributed by atoms with Crippen LogP contribution in [0.2, 0.25) is 0 Å². The molecule has 7 aromatic rings. The molecule has 0 aliphatic heterocycles. The normalized spacial score (nSPS) is 12.2. The first-order valence-corrected chi connectivity index (χ1v) is 17.6. The van der Waals surface area contributed by atoms with E-state index in [1.54, 1.807) is 0 Å². The molecule has 0 radical (unpaired) electrons. The average Bonchev–Trinajstić information content (AvgIpc) is 3.07. The second-order valence-electron chi connectivity index (χ2n) is 15.5. The van der Waals surface area contributed by atoms with Gasteiger partial charge in [-0.2, -0.15) is 0 Å². The van der Waals surface area contributed by atoms with E-state index in [4.69, 9.17) is 0 Å². The molecular formula is C48H45N. The fourth-order valence-corrected chi connectivity index (χ4v) is 7.62. The van der Waals surface area contributed by atoms with Crippen molar-refractivity contribution >= 4 is 38.6 Å². The van der Waals surface area contributed by atoms with E-state index < -0.39 is 0 Å². The molecule has 0 unspecified atom stereocenters. The Morgan fingerprint density at radius 2 is 0.776 bits per heavy atom. The van der Waals surface area contributed by atoms with E-state index in [1.165, 1.54) is 111 Å². The van der Waals surface area contributed by atoms with E-state index in [1.807, 2.05) is 0 Å². The van der Waals surface area contributed by atoms with Gasteiger partial charge in [-0.1, -0.05) is 63.2 Å². The molecule has 8 rings (SSSR count). The molecule has 0 amide bonds. The predicted molar refractivity (Wildman–Crippen MR) is 213 cm³/mol. The summed E-state index contributed by atoms with van der Waals surface area (Å²) in [6, 6.07) is 41.9. The zero-order valence-electron chi connectivity index (χ0n) is 30.3. The topological polar surface area (TPSA) is 3.24 Å². The molecule has 1 nitrogen and oxygen atoms in total. The fraction of sp³-hybridized carbons (Fsp3) is 0.208. The number of rotatable bonds is 4. The average molecular weight is 636 g/mol. The van der Waals surface area contributed by atoms with Crippen molar-refractivity contribution in [3.8, 4) is 33.4 Å². The smallest absolute Gasteiger partial charge is 0.0468 e. The zero-order valence-corrected chi connectivity index (χ0v) is 30.3. The summed E-state index contributed by atoms with van der Waals surface area (Å²) in [6.07, 6.45) is 0. The summed E-state index contributed by atoms with van der Waals surface area (Å²) >= 11 is 0. The minimum atomic E-state index is 0.154. The van der Waals surface area contributed by atoms with Gasteiger partial charge in [-0.3, -0.25) is 0 Å². The van der Waals surface area contributed by atoms with Gasteiger partial charge in [0.2, 0.25) is 0 Å². The van der Waals surface area contributed by atoms with Crippen LogP contribution in [0.5, 0.6) is 0 Å². The van der Waals surface area contributed by atoms with Gasteiger partial charge in [0.25, 0.3) is 0 Å². The van der Waals surface area contributed by atoms with E-state index >= 15 is 0 Å². The third-order valence-electron chi connectivity index (χ3n) is 11.2. The largest absolute Gasteiger partial charge is 0.310 e. The quantitative estimate of drug-likeness (QED) is 0.186. The molecule has 242 valence electrons. The van der Waals surface area contributed by atoms with Crippen molar-refractivity contribution in [1.29, 1.82) is 0 Å². The molecule has 7 aromatic carbocycles. The monoisotopic (exact) mass is 635 g/mol. The summed E-state index contributed by atoms with van der Waals surface area (Å²) in [5, 5.41) is 5.12. The lowest BCUT2D eigenvalue weighted by Gasteiger charge is -2.29. The van der Waals surface area contributed by atoms with Crippen molar-refractivity contribution in [1.82, 2.24) is 0 Å². The number of benzene rings is 7. The number of hydrogen-bond donors (Lipinski definition) is 0. The second-order valence-corrected chi connectivity index (χ2v) is 15.5. The van der Waals surface area contributed by atoms with E-state index in [2.05, 4.69) is 176 Å². The third kappa shape index (κ3) is 5.24. The van der Waals surface area contributed by atoms with Gasteiger partial charge in [0, 0.05) is 17.1 Å². The number of hydrogen-bond acceptors (Lipinski definition) is 1. The molecule has 0 bridgehead atoms. The van der Waals surface area contributed by atoms with Crippen molar-refractivity contribution in [3.05, 3.63) is 148 Å². The van der Waals surface area contributed by atoms with Crippen LogP contribution in [0.15, 0.2) is 109 Å². The van der Waals surface area contributed by atoms with E-state index in [-0.39, 0.29) is 5.41 Å². The molecule has 0 saturated heterocycles. The standard InChI is InChI=1S/C48H45N/c1-28-18-42(19-29(2)32(28)5)49(43-20-30(3)33(6)31(4)21-43)41-17-14-37-25-45-46-26-38-22-35(34-12-15-40(16-13-34)48(7,8)9)10-11-36(38)24-44(46)47(45)27-39(37)23-41/h10-27H,1-9H3. The Kier molecular flexibility index (Phi) is 7.12. The Morgan fingerprint density at radius 3 is 1.24 bits per heavy atom. The molecule has 0 heterocycles. The van der Waals surface area contributed by atoms with E-state index in [9.17, 15) is 0 Å². The second kappa shape index (κ2) is 11.2. The first kappa shape index (κ1) is 31.1. The van der Waals surface area contributed by atoms with Crippen LogP contribution in [0.1, 0.15) is 59.7 Å². The molecular weight excluding hydrogens is 591 g/mol. The summed E-state index contributed by atoms with van der Waals surface area (Å²) in [5.74, 6) is 0. The minimum absolute atomic E-state index is 0.154. The predicted octanol–water partition coefficient (Wildman–Crippen LogP) is 13.9. The molecule has 1 aliphatic carbocycles. The van der Waals surface area contributed by atoms with E-state index in [0.717, 1.165) is 0 Å². The fourth-order valence-electron chi connectivity index (χ4n) is 7.62. The first-order valence-electron chi connectivity index (χ1n) is 17.6. The van der Waals surface area contributed by atoms with Crippen LogP contribution >= 0.6 is 0 Å². The van der Waals surface area contributed by atoms with Crippen molar-refractivity contribution in [3.63, 3.8) is 0 Å². The van der Waals surface area contributed by atoms with Crippen molar-refractivity contribution in [2.45, 2.75) is 67.7 Å². The molecule has 0 saturated carbocycles. The third-order valence-corrected chi connectivity index (χ3v) is 11.2. The molecule has 0 aromatic heterocycles. The molecule has 0 N–H and O–H groups in total. The molecule has 0 fully saturated rings. The number of fused-ring (bicyclic) bond motifs is 6. The molecule has 1 aliphatic rings. The Morgan fingerprint density at radius 1 is 0.367 bits per heavy atom. The lowest BCUT2D eigenvalue weighted by molar-refractivity contribution is 0.590. The number of aryl methyl sites for hydroxylation is 4. The van der Waals surface area contributed by atoms with Gasteiger partial charge in [-0.15, -0.1) is 0 Å². The molecule has 0 spiro atoms. The lowest BCUT2D eigenvalue weighted by Crippen LogP contribution is -2.12. The highest BCUT2D eigenvalue weighted by Gasteiger charge is 2.25.